The first kappa shape index (κ1) is 15.1. The number of carbonyl (C=O) groups is 1. The molecular formula is C19H21N3O2. The van der Waals surface area contributed by atoms with Crippen LogP contribution in [0.5, 0.6) is 0 Å². The van der Waals surface area contributed by atoms with Gasteiger partial charge in [-0.1, -0.05) is 43.2 Å². The van der Waals surface area contributed by atoms with Crippen molar-refractivity contribution in [3.05, 3.63) is 64.3 Å². The van der Waals surface area contributed by atoms with Crippen LogP contribution in [0.3, 0.4) is 0 Å². The molecule has 5 nitrogen and oxygen atoms in total. The zero-order valence-corrected chi connectivity index (χ0v) is 13.6. The fourth-order valence-corrected chi connectivity index (χ4v) is 4.51. The zero-order valence-electron chi connectivity index (χ0n) is 13.6. The quantitative estimate of drug-likeness (QED) is 0.924. The fourth-order valence-electron chi connectivity index (χ4n) is 4.51. The summed E-state index contributed by atoms with van der Waals surface area (Å²) in [5.74, 6) is 0.249. The second-order valence-corrected chi connectivity index (χ2v) is 7.03. The summed E-state index contributed by atoms with van der Waals surface area (Å²) in [5, 5.41) is 0. The molecule has 5 heteroatoms. The van der Waals surface area contributed by atoms with Gasteiger partial charge in [0.25, 0.3) is 11.5 Å². The topological polar surface area (TPSA) is 66.1 Å². The average Bonchev–Trinajstić information content (AvgIpc) is 3.23. The van der Waals surface area contributed by atoms with Crippen molar-refractivity contribution in [2.75, 3.05) is 13.1 Å². The van der Waals surface area contributed by atoms with Crippen LogP contribution in [0.4, 0.5) is 0 Å². The van der Waals surface area contributed by atoms with Crippen molar-refractivity contribution < 1.29 is 4.79 Å². The summed E-state index contributed by atoms with van der Waals surface area (Å²) in [4.78, 5) is 32.6. The third kappa shape index (κ3) is 2.54. The number of hydrogen-bond acceptors (Lipinski definition) is 3. The van der Waals surface area contributed by atoms with Crippen LogP contribution in [0.1, 0.15) is 47.7 Å². The third-order valence-electron chi connectivity index (χ3n) is 5.62. The van der Waals surface area contributed by atoms with Crippen molar-refractivity contribution in [2.24, 2.45) is 5.41 Å². The van der Waals surface area contributed by atoms with Crippen LogP contribution in [-0.2, 0) is 0 Å². The normalized spacial score (nSPS) is 22.2. The molecule has 1 saturated heterocycles. The van der Waals surface area contributed by atoms with Crippen molar-refractivity contribution in [3.8, 4) is 0 Å². The number of H-pyrrole nitrogens is 1. The summed E-state index contributed by atoms with van der Waals surface area (Å²) >= 11 is 0. The molecule has 2 fully saturated rings. The highest BCUT2D eigenvalue weighted by molar-refractivity contribution is 5.92. The van der Waals surface area contributed by atoms with E-state index in [1.807, 2.05) is 11.0 Å². The number of aromatic nitrogens is 2. The third-order valence-corrected chi connectivity index (χ3v) is 5.62. The maximum atomic E-state index is 12.8. The standard InChI is InChI=1S/C19H21N3O2/c23-17-11-20-10-16(21-17)18(24)22-12-15(14-6-2-1-3-7-14)19(13-22)8-4-5-9-19/h1-3,6-7,10-11,15H,4-5,8-9,12-13H2,(H,21,23)/t15-/m1/s1. The van der Waals surface area contributed by atoms with Gasteiger partial charge in [-0.3, -0.25) is 14.6 Å². The van der Waals surface area contributed by atoms with E-state index in [0.717, 1.165) is 6.54 Å². The number of benzene rings is 1. The molecule has 2 aromatic rings. The van der Waals surface area contributed by atoms with Gasteiger partial charge in [0.2, 0.25) is 0 Å². The maximum absolute atomic E-state index is 12.8. The molecule has 1 aromatic heterocycles. The maximum Gasteiger partial charge on any atom is 0.272 e. The van der Waals surface area contributed by atoms with Gasteiger partial charge < -0.3 is 9.88 Å². The number of amides is 1. The monoisotopic (exact) mass is 323 g/mol. The van der Waals surface area contributed by atoms with Crippen LogP contribution < -0.4 is 5.56 Å². The molecule has 0 unspecified atom stereocenters. The van der Waals surface area contributed by atoms with E-state index in [-0.39, 0.29) is 22.6 Å². The van der Waals surface area contributed by atoms with E-state index < -0.39 is 0 Å². The van der Waals surface area contributed by atoms with E-state index in [0.29, 0.717) is 12.5 Å². The first-order valence-corrected chi connectivity index (χ1v) is 8.57. The number of nitrogens with zero attached hydrogens (tertiary/aromatic N) is 2. The predicted molar refractivity (Wildman–Crippen MR) is 90.8 cm³/mol. The Morgan fingerprint density at radius 2 is 1.92 bits per heavy atom. The van der Waals surface area contributed by atoms with Crippen LogP contribution >= 0.6 is 0 Å². The van der Waals surface area contributed by atoms with E-state index in [9.17, 15) is 9.59 Å². The minimum atomic E-state index is -0.338. The Balaban J connectivity index is 1.65. The highest BCUT2D eigenvalue weighted by Gasteiger charge is 2.49. The first-order chi connectivity index (χ1) is 11.7. The van der Waals surface area contributed by atoms with Crippen molar-refractivity contribution in [3.63, 3.8) is 0 Å². The smallest absolute Gasteiger partial charge is 0.272 e. The summed E-state index contributed by atoms with van der Waals surface area (Å²) in [6, 6.07) is 10.5. The van der Waals surface area contributed by atoms with Crippen molar-refractivity contribution in [1.82, 2.24) is 14.9 Å². The molecular weight excluding hydrogens is 302 g/mol. The highest BCUT2D eigenvalue weighted by Crippen LogP contribution is 2.53. The molecule has 2 heterocycles. The molecule has 4 rings (SSSR count). The number of hydrogen-bond donors (Lipinski definition) is 1. The van der Waals surface area contributed by atoms with Gasteiger partial charge in [0, 0.05) is 19.0 Å². The van der Waals surface area contributed by atoms with Crippen LogP contribution in [0.25, 0.3) is 0 Å². The Bertz CT molecular complexity index is 794. The van der Waals surface area contributed by atoms with Gasteiger partial charge in [0.1, 0.15) is 5.69 Å². The van der Waals surface area contributed by atoms with Crippen LogP contribution in [0, 0.1) is 5.41 Å². The second kappa shape index (κ2) is 5.89. The number of aromatic amines is 1. The molecule has 1 spiro atoms. The van der Waals surface area contributed by atoms with Gasteiger partial charge in [-0.25, -0.2) is 0 Å². The minimum absolute atomic E-state index is 0.120. The van der Waals surface area contributed by atoms with Gasteiger partial charge in [-0.05, 0) is 23.8 Å². The summed E-state index contributed by atoms with van der Waals surface area (Å²) in [7, 11) is 0. The summed E-state index contributed by atoms with van der Waals surface area (Å²) in [5.41, 5.74) is 1.44. The van der Waals surface area contributed by atoms with Crippen molar-refractivity contribution in [2.45, 2.75) is 31.6 Å². The van der Waals surface area contributed by atoms with Crippen molar-refractivity contribution >= 4 is 5.91 Å². The van der Waals surface area contributed by atoms with E-state index in [2.05, 4.69) is 34.2 Å². The van der Waals surface area contributed by atoms with Crippen LogP contribution in [-0.4, -0.2) is 33.9 Å². The van der Waals surface area contributed by atoms with E-state index >= 15 is 0 Å². The number of carbonyl (C=O) groups excluding carboxylic acids is 1. The Morgan fingerprint density at radius 3 is 2.62 bits per heavy atom. The van der Waals surface area contributed by atoms with Gasteiger partial charge in [0.15, 0.2) is 0 Å². The van der Waals surface area contributed by atoms with Crippen LogP contribution in [0.2, 0.25) is 0 Å². The number of likely N-dealkylation sites (tertiary alicyclic amines) is 1. The SMILES string of the molecule is O=C(c1cncc(=O)[nH]1)N1C[C@H](c2ccccc2)C2(CCCC2)C1. The molecule has 1 aliphatic heterocycles. The fraction of sp³-hybridized carbons (Fsp3) is 0.421. The molecule has 2 aliphatic rings. The highest BCUT2D eigenvalue weighted by atomic mass is 16.2. The minimum Gasteiger partial charge on any atom is -0.336 e. The Morgan fingerprint density at radius 1 is 1.17 bits per heavy atom. The zero-order chi connectivity index (χ0) is 16.6. The molecule has 1 aromatic carbocycles. The van der Waals surface area contributed by atoms with E-state index in [1.165, 1.54) is 43.6 Å². The molecule has 1 N–H and O–H groups in total. The molecule has 0 radical (unpaired) electrons. The lowest BCUT2D eigenvalue weighted by Crippen LogP contribution is -2.32. The van der Waals surface area contributed by atoms with Gasteiger partial charge in [-0.15, -0.1) is 0 Å². The van der Waals surface area contributed by atoms with Gasteiger partial charge >= 0.3 is 0 Å². The summed E-state index contributed by atoms with van der Waals surface area (Å²) in [6.07, 6.45) is 7.43. The molecule has 1 amide bonds. The molecule has 1 saturated carbocycles. The van der Waals surface area contributed by atoms with Gasteiger partial charge in [-0.2, -0.15) is 0 Å². The lowest BCUT2D eigenvalue weighted by atomic mass is 9.73. The van der Waals surface area contributed by atoms with Crippen molar-refractivity contribution in [1.29, 1.82) is 0 Å². The lowest BCUT2D eigenvalue weighted by Gasteiger charge is -2.30. The average molecular weight is 323 g/mol. The Kier molecular flexibility index (Phi) is 3.71. The second-order valence-electron chi connectivity index (χ2n) is 7.03. The summed E-state index contributed by atoms with van der Waals surface area (Å²) < 4.78 is 0. The lowest BCUT2D eigenvalue weighted by molar-refractivity contribution is 0.0766. The Labute approximate surface area is 140 Å². The Hall–Kier alpha value is -2.43. The first-order valence-electron chi connectivity index (χ1n) is 8.57. The number of rotatable bonds is 2. The number of nitrogens with one attached hydrogen (secondary N) is 1. The molecule has 124 valence electrons. The summed E-state index contributed by atoms with van der Waals surface area (Å²) in [6.45, 7) is 1.47. The largest absolute Gasteiger partial charge is 0.336 e. The molecule has 1 aliphatic carbocycles. The molecule has 24 heavy (non-hydrogen) atoms. The predicted octanol–water partition coefficient (Wildman–Crippen LogP) is 2.57. The van der Waals surface area contributed by atoms with E-state index in [1.54, 1.807) is 0 Å². The molecule has 1 atom stereocenters. The molecule has 0 bridgehead atoms. The van der Waals surface area contributed by atoms with Crippen LogP contribution in [0.15, 0.2) is 47.5 Å². The van der Waals surface area contributed by atoms with E-state index in [4.69, 9.17) is 0 Å². The van der Waals surface area contributed by atoms with Gasteiger partial charge in [0.05, 0.1) is 12.4 Å².